The van der Waals surface area contributed by atoms with Crippen molar-refractivity contribution in [1.29, 1.82) is 0 Å². The molecule has 0 spiro atoms. The fourth-order valence-corrected chi connectivity index (χ4v) is 1.93. The minimum atomic E-state index is -0.490. The van der Waals surface area contributed by atoms with Gasteiger partial charge in [0.25, 0.3) is 0 Å². The maximum absolute atomic E-state index is 12.0. The predicted octanol–water partition coefficient (Wildman–Crippen LogP) is 2.74. The Bertz CT molecular complexity index is 755. The monoisotopic (exact) mass is 287 g/mol. The topological polar surface area (TPSA) is 56.5 Å². The van der Waals surface area contributed by atoms with E-state index >= 15 is 0 Å². The van der Waals surface area contributed by atoms with Crippen LogP contribution in [-0.4, -0.2) is 20.6 Å². The van der Waals surface area contributed by atoms with Crippen LogP contribution < -0.4 is 0 Å². The van der Waals surface area contributed by atoms with Gasteiger partial charge in [-0.25, -0.2) is 14.3 Å². The summed E-state index contributed by atoms with van der Waals surface area (Å²) in [5.41, 5.74) is 1.71. The SMILES string of the molecule is O=C(OCc1ccccc1)c1cnc2ccc(Cl)nn12. The number of rotatable bonds is 3. The van der Waals surface area contributed by atoms with E-state index in [-0.39, 0.29) is 17.5 Å². The van der Waals surface area contributed by atoms with Crippen molar-refractivity contribution in [3.8, 4) is 0 Å². The minimum absolute atomic E-state index is 0.202. The summed E-state index contributed by atoms with van der Waals surface area (Å²) in [6.07, 6.45) is 1.42. The Balaban J connectivity index is 1.80. The van der Waals surface area contributed by atoms with E-state index < -0.39 is 5.97 Å². The van der Waals surface area contributed by atoms with Gasteiger partial charge < -0.3 is 4.74 Å². The number of aromatic nitrogens is 3. The summed E-state index contributed by atoms with van der Waals surface area (Å²) in [6.45, 7) is 0.202. The zero-order valence-corrected chi connectivity index (χ0v) is 11.1. The predicted molar refractivity (Wildman–Crippen MR) is 73.6 cm³/mol. The molecule has 0 saturated carbocycles. The third-order valence-electron chi connectivity index (χ3n) is 2.75. The second-order valence-corrected chi connectivity index (χ2v) is 4.52. The van der Waals surface area contributed by atoms with Gasteiger partial charge in [0.1, 0.15) is 11.8 Å². The molecule has 0 atom stereocenters. The normalized spacial score (nSPS) is 10.7. The number of ether oxygens (including phenoxy) is 1. The van der Waals surface area contributed by atoms with Crippen molar-refractivity contribution < 1.29 is 9.53 Å². The molecule has 100 valence electrons. The Morgan fingerprint density at radius 1 is 1.20 bits per heavy atom. The van der Waals surface area contributed by atoms with Gasteiger partial charge in [-0.2, -0.15) is 5.10 Å². The molecule has 3 aromatic rings. The van der Waals surface area contributed by atoms with E-state index in [0.717, 1.165) is 5.56 Å². The number of nitrogens with zero attached hydrogens (tertiary/aromatic N) is 3. The van der Waals surface area contributed by atoms with Crippen molar-refractivity contribution >= 4 is 23.2 Å². The number of carbonyl (C=O) groups excluding carboxylic acids is 1. The molecular formula is C14H10ClN3O2. The summed E-state index contributed by atoms with van der Waals surface area (Å²) < 4.78 is 6.61. The van der Waals surface area contributed by atoms with Crippen molar-refractivity contribution in [2.75, 3.05) is 0 Å². The van der Waals surface area contributed by atoms with Crippen LogP contribution in [0.1, 0.15) is 16.1 Å². The smallest absolute Gasteiger partial charge is 0.359 e. The maximum atomic E-state index is 12.0. The van der Waals surface area contributed by atoms with E-state index in [0.29, 0.717) is 5.65 Å². The van der Waals surface area contributed by atoms with Gasteiger partial charge in [0.15, 0.2) is 11.3 Å². The molecule has 0 bridgehead atoms. The number of imidazole rings is 1. The highest BCUT2D eigenvalue weighted by Crippen LogP contribution is 2.11. The molecular weight excluding hydrogens is 278 g/mol. The van der Waals surface area contributed by atoms with E-state index in [1.165, 1.54) is 10.7 Å². The quantitative estimate of drug-likeness (QED) is 0.695. The zero-order chi connectivity index (χ0) is 13.9. The molecule has 0 N–H and O–H groups in total. The number of hydrogen-bond donors (Lipinski definition) is 0. The van der Waals surface area contributed by atoms with Crippen molar-refractivity contribution in [2.24, 2.45) is 0 Å². The molecule has 6 heteroatoms. The summed E-state index contributed by atoms with van der Waals surface area (Å²) in [5.74, 6) is -0.490. The fraction of sp³-hybridized carbons (Fsp3) is 0.0714. The average Bonchev–Trinajstić information content (AvgIpc) is 2.89. The van der Waals surface area contributed by atoms with Crippen LogP contribution in [0.15, 0.2) is 48.7 Å². The molecule has 0 radical (unpaired) electrons. The molecule has 2 aromatic heterocycles. The number of benzene rings is 1. The lowest BCUT2D eigenvalue weighted by molar-refractivity contribution is 0.0463. The highest BCUT2D eigenvalue weighted by atomic mass is 35.5. The first-order valence-electron chi connectivity index (χ1n) is 5.95. The highest BCUT2D eigenvalue weighted by Gasteiger charge is 2.15. The van der Waals surface area contributed by atoms with Crippen molar-refractivity contribution in [3.05, 3.63) is 65.1 Å². The van der Waals surface area contributed by atoms with Crippen molar-refractivity contribution in [2.45, 2.75) is 6.61 Å². The lowest BCUT2D eigenvalue weighted by Crippen LogP contribution is -2.09. The zero-order valence-electron chi connectivity index (χ0n) is 10.4. The van der Waals surface area contributed by atoms with E-state index in [1.807, 2.05) is 30.3 Å². The first-order valence-corrected chi connectivity index (χ1v) is 6.33. The van der Waals surface area contributed by atoms with Crippen LogP contribution >= 0.6 is 11.6 Å². The minimum Gasteiger partial charge on any atom is -0.456 e. The van der Waals surface area contributed by atoms with Gasteiger partial charge in [-0.3, -0.25) is 0 Å². The van der Waals surface area contributed by atoms with Gasteiger partial charge in [0.2, 0.25) is 0 Å². The molecule has 2 heterocycles. The standard InChI is InChI=1S/C14H10ClN3O2/c15-12-6-7-13-16-8-11(18(13)17-12)14(19)20-9-10-4-2-1-3-5-10/h1-8H,9H2. The second-order valence-electron chi connectivity index (χ2n) is 4.13. The van der Waals surface area contributed by atoms with Crippen LogP contribution in [0.2, 0.25) is 5.15 Å². The Labute approximate surface area is 119 Å². The molecule has 0 fully saturated rings. The number of fused-ring (bicyclic) bond motifs is 1. The molecule has 5 nitrogen and oxygen atoms in total. The number of hydrogen-bond acceptors (Lipinski definition) is 4. The summed E-state index contributed by atoms with van der Waals surface area (Å²) in [5, 5.41) is 4.32. The maximum Gasteiger partial charge on any atom is 0.359 e. The Kier molecular flexibility index (Phi) is 3.35. The third kappa shape index (κ3) is 2.48. The molecule has 1 aromatic carbocycles. The van der Waals surface area contributed by atoms with Crippen molar-refractivity contribution in [1.82, 2.24) is 14.6 Å². The highest BCUT2D eigenvalue weighted by molar-refractivity contribution is 6.29. The molecule has 0 amide bonds. The summed E-state index contributed by atoms with van der Waals surface area (Å²) in [7, 11) is 0. The van der Waals surface area contributed by atoms with Crippen LogP contribution in [0, 0.1) is 0 Å². The van der Waals surface area contributed by atoms with E-state index in [9.17, 15) is 4.79 Å². The first-order chi connectivity index (χ1) is 9.74. The van der Waals surface area contributed by atoms with Crippen LogP contribution in [0.3, 0.4) is 0 Å². The molecule has 3 rings (SSSR count). The average molecular weight is 288 g/mol. The molecule has 0 aliphatic rings. The Morgan fingerprint density at radius 2 is 2.00 bits per heavy atom. The van der Waals surface area contributed by atoms with Gasteiger partial charge in [-0.05, 0) is 17.7 Å². The Hall–Kier alpha value is -2.40. The number of esters is 1. The van der Waals surface area contributed by atoms with Crippen LogP contribution in [-0.2, 0) is 11.3 Å². The van der Waals surface area contributed by atoms with Crippen LogP contribution in [0.4, 0.5) is 0 Å². The second kappa shape index (κ2) is 5.30. The van der Waals surface area contributed by atoms with Crippen LogP contribution in [0.5, 0.6) is 0 Å². The van der Waals surface area contributed by atoms with Gasteiger partial charge in [-0.1, -0.05) is 41.9 Å². The van der Waals surface area contributed by atoms with E-state index in [2.05, 4.69) is 10.1 Å². The Morgan fingerprint density at radius 3 is 2.80 bits per heavy atom. The molecule has 0 aliphatic carbocycles. The lowest BCUT2D eigenvalue weighted by Gasteiger charge is -2.04. The van der Waals surface area contributed by atoms with E-state index in [1.54, 1.807) is 12.1 Å². The van der Waals surface area contributed by atoms with Gasteiger partial charge >= 0.3 is 5.97 Å². The molecule has 0 unspecified atom stereocenters. The first kappa shape index (κ1) is 12.6. The fourth-order valence-electron chi connectivity index (χ4n) is 1.79. The molecule has 0 saturated heterocycles. The van der Waals surface area contributed by atoms with Gasteiger partial charge in [-0.15, -0.1) is 0 Å². The van der Waals surface area contributed by atoms with Gasteiger partial charge in [0.05, 0.1) is 6.20 Å². The molecule has 20 heavy (non-hydrogen) atoms. The van der Waals surface area contributed by atoms with Crippen molar-refractivity contribution in [3.63, 3.8) is 0 Å². The number of halogens is 1. The molecule has 0 aliphatic heterocycles. The lowest BCUT2D eigenvalue weighted by atomic mass is 10.2. The third-order valence-corrected chi connectivity index (χ3v) is 2.95. The number of carbonyl (C=O) groups is 1. The summed E-state index contributed by atoms with van der Waals surface area (Å²) in [6, 6.07) is 12.7. The van der Waals surface area contributed by atoms with E-state index in [4.69, 9.17) is 16.3 Å². The summed E-state index contributed by atoms with van der Waals surface area (Å²) in [4.78, 5) is 16.1. The largest absolute Gasteiger partial charge is 0.456 e. The summed E-state index contributed by atoms with van der Waals surface area (Å²) >= 11 is 5.81. The van der Waals surface area contributed by atoms with Gasteiger partial charge in [0, 0.05) is 0 Å². The van der Waals surface area contributed by atoms with Crippen LogP contribution in [0.25, 0.3) is 5.65 Å².